The average Bonchev–Trinajstić information content (AvgIpc) is 3.23. The minimum absolute atomic E-state index is 0.00628. The van der Waals surface area contributed by atoms with Crippen molar-refractivity contribution < 1.29 is 29.6 Å². The summed E-state index contributed by atoms with van der Waals surface area (Å²) in [5.41, 5.74) is 6.88. The Kier molecular flexibility index (Phi) is 7.33. The van der Waals surface area contributed by atoms with Gasteiger partial charge in [-0.25, -0.2) is 26.2 Å². The Labute approximate surface area is 205 Å². The lowest BCUT2D eigenvalue weighted by molar-refractivity contribution is 0.341. The lowest BCUT2D eigenvalue weighted by Crippen LogP contribution is -2.52. The Morgan fingerprint density at radius 3 is 2.34 bits per heavy atom. The third-order valence-corrected chi connectivity index (χ3v) is 11.7. The number of hydrogen-bond acceptors (Lipinski definition) is 8. The first-order valence-corrected chi connectivity index (χ1v) is 15.9. The topological polar surface area (TPSA) is 148 Å². The van der Waals surface area contributed by atoms with Gasteiger partial charge in [0.05, 0.1) is 17.3 Å². The summed E-state index contributed by atoms with van der Waals surface area (Å²) in [5.74, 6) is -1.88. The molecule has 2 aliphatic heterocycles. The molecule has 2 N–H and O–H groups in total. The Bertz CT molecular complexity index is 1380. The van der Waals surface area contributed by atoms with Crippen LogP contribution in [-0.2, 0) is 36.4 Å². The van der Waals surface area contributed by atoms with Crippen molar-refractivity contribution in [3.8, 4) is 0 Å². The van der Waals surface area contributed by atoms with Crippen molar-refractivity contribution in [2.24, 2.45) is 5.73 Å². The summed E-state index contributed by atoms with van der Waals surface area (Å²) < 4.78 is 92.8. The van der Waals surface area contributed by atoms with E-state index in [0.29, 0.717) is 11.1 Å². The number of pyridine rings is 1. The van der Waals surface area contributed by atoms with Gasteiger partial charge in [-0.2, -0.15) is 17.0 Å². The number of benzene rings is 1. The molecule has 1 aromatic heterocycles. The summed E-state index contributed by atoms with van der Waals surface area (Å²) in [4.78, 5) is 3.95. The fourth-order valence-corrected chi connectivity index (χ4v) is 9.38. The van der Waals surface area contributed by atoms with Gasteiger partial charge >= 0.3 is 0 Å². The smallest absolute Gasteiger partial charge is 0.282 e. The molecule has 0 radical (unpaired) electrons. The molecule has 0 bridgehead atoms. The van der Waals surface area contributed by atoms with Gasteiger partial charge in [0.1, 0.15) is 5.82 Å². The van der Waals surface area contributed by atoms with Crippen LogP contribution in [0.3, 0.4) is 0 Å². The minimum atomic E-state index is -4.15. The molecular formula is C21H27FN4O6S3. The van der Waals surface area contributed by atoms with Crippen molar-refractivity contribution in [3.63, 3.8) is 0 Å². The molecular weight excluding hydrogens is 519 g/mol. The van der Waals surface area contributed by atoms with Crippen LogP contribution in [0, 0.1) is 5.82 Å². The zero-order chi connectivity index (χ0) is 25.4. The summed E-state index contributed by atoms with van der Waals surface area (Å²) in [7, 11) is -11.4. The Balaban J connectivity index is 1.65. The SMILES string of the molecule is NCc1ccnc(S(=O)(=O)C[C@@H]2C[C@H](c3ccc(F)cc3)CN2S(=O)(=O)N2CCS(=O)(=O)CC2)c1. The number of nitrogens with two attached hydrogens (primary N) is 1. The number of rotatable bonds is 7. The minimum Gasteiger partial charge on any atom is -0.326 e. The van der Waals surface area contributed by atoms with Crippen molar-refractivity contribution in [2.45, 2.75) is 30.0 Å². The maximum Gasteiger partial charge on any atom is 0.282 e. The van der Waals surface area contributed by atoms with Gasteiger partial charge in [-0.1, -0.05) is 12.1 Å². The van der Waals surface area contributed by atoms with Crippen molar-refractivity contribution in [2.75, 3.05) is 36.9 Å². The molecule has 2 saturated heterocycles. The van der Waals surface area contributed by atoms with Crippen LogP contribution < -0.4 is 5.73 Å². The highest BCUT2D eigenvalue weighted by atomic mass is 32.2. The second-order valence-corrected chi connectivity index (χ2v) is 14.9. The van der Waals surface area contributed by atoms with Crippen LogP contribution >= 0.6 is 0 Å². The highest BCUT2D eigenvalue weighted by molar-refractivity contribution is 7.92. The van der Waals surface area contributed by atoms with E-state index in [1.165, 1.54) is 24.4 Å². The van der Waals surface area contributed by atoms with Gasteiger partial charge < -0.3 is 5.73 Å². The van der Waals surface area contributed by atoms with Crippen molar-refractivity contribution >= 4 is 29.9 Å². The van der Waals surface area contributed by atoms with E-state index in [2.05, 4.69) is 4.98 Å². The largest absolute Gasteiger partial charge is 0.326 e. The summed E-state index contributed by atoms with van der Waals surface area (Å²) in [6.07, 6.45) is 1.54. The predicted octanol–water partition coefficient (Wildman–Crippen LogP) is 0.286. The van der Waals surface area contributed by atoms with Crippen molar-refractivity contribution in [3.05, 3.63) is 59.5 Å². The van der Waals surface area contributed by atoms with Gasteiger partial charge in [0.2, 0.25) is 0 Å². The second-order valence-electron chi connectivity index (χ2n) is 8.75. The predicted molar refractivity (Wildman–Crippen MR) is 128 cm³/mol. The van der Waals surface area contributed by atoms with Gasteiger partial charge in [-0.3, -0.25) is 0 Å². The molecule has 2 atom stereocenters. The number of halogens is 1. The molecule has 0 unspecified atom stereocenters. The highest BCUT2D eigenvalue weighted by Gasteiger charge is 2.45. The first kappa shape index (κ1) is 26.1. The molecule has 2 aromatic rings. The van der Waals surface area contributed by atoms with Gasteiger partial charge in [-0.15, -0.1) is 0 Å². The van der Waals surface area contributed by atoms with E-state index in [1.54, 1.807) is 18.2 Å². The fraction of sp³-hybridized carbons (Fsp3) is 0.476. The molecule has 0 amide bonds. The summed E-state index contributed by atoms with van der Waals surface area (Å²) >= 11 is 0. The first-order chi connectivity index (χ1) is 16.4. The van der Waals surface area contributed by atoms with E-state index in [0.717, 1.165) is 8.61 Å². The van der Waals surface area contributed by atoms with Crippen molar-refractivity contribution in [1.29, 1.82) is 0 Å². The van der Waals surface area contributed by atoms with E-state index in [4.69, 9.17) is 5.73 Å². The molecule has 0 aliphatic carbocycles. The number of nitrogens with zero attached hydrogens (tertiary/aromatic N) is 3. The van der Waals surface area contributed by atoms with E-state index < -0.39 is 47.5 Å². The maximum absolute atomic E-state index is 13.5. The first-order valence-electron chi connectivity index (χ1n) is 11.0. The molecule has 2 fully saturated rings. The standard InChI is InChI=1S/C21H27FN4O6S3/c22-19-3-1-17(2-4-19)18-12-20(15-34(29,30)21-11-16(13-23)5-6-24-21)26(14-18)35(31,32)25-7-9-33(27,28)10-8-25/h1-6,11,18,20H,7-10,12-15,23H2/t18-,20-/m0/s1. The summed E-state index contributed by atoms with van der Waals surface area (Å²) in [6.45, 7) is -0.267. The molecule has 1 aromatic carbocycles. The van der Waals surface area contributed by atoms with Crippen LogP contribution in [0.2, 0.25) is 0 Å². The maximum atomic E-state index is 13.5. The average molecular weight is 547 g/mol. The van der Waals surface area contributed by atoms with Gasteiger partial charge in [-0.05, 0) is 47.7 Å². The molecule has 3 heterocycles. The lowest BCUT2D eigenvalue weighted by atomic mass is 9.97. The van der Waals surface area contributed by atoms with Crippen LogP contribution in [0.1, 0.15) is 23.5 Å². The molecule has 10 nitrogen and oxygen atoms in total. The van der Waals surface area contributed by atoms with Crippen LogP contribution in [-0.4, -0.2) is 81.8 Å². The number of aromatic nitrogens is 1. The summed E-state index contributed by atoms with van der Waals surface area (Å²) in [5, 5.41) is -0.188. The Morgan fingerprint density at radius 1 is 1.06 bits per heavy atom. The molecule has 14 heteroatoms. The van der Waals surface area contributed by atoms with Crippen LogP contribution in [0.15, 0.2) is 47.6 Å². The van der Waals surface area contributed by atoms with Crippen molar-refractivity contribution in [1.82, 2.24) is 13.6 Å². The van der Waals surface area contributed by atoms with Crippen LogP contribution in [0.4, 0.5) is 4.39 Å². The Hall–Kier alpha value is -1.97. The molecule has 2 aliphatic rings. The zero-order valence-electron chi connectivity index (χ0n) is 18.8. The normalized spacial score (nSPS) is 23.9. The third-order valence-electron chi connectivity index (χ3n) is 6.40. The van der Waals surface area contributed by atoms with E-state index in [9.17, 15) is 29.6 Å². The molecule has 192 valence electrons. The number of hydrogen-bond donors (Lipinski definition) is 1. The molecule has 4 rings (SSSR count). The fourth-order valence-electron chi connectivity index (χ4n) is 4.46. The second kappa shape index (κ2) is 9.82. The summed E-state index contributed by atoms with van der Waals surface area (Å²) in [6, 6.07) is 7.72. The Morgan fingerprint density at radius 2 is 1.71 bits per heavy atom. The van der Waals surface area contributed by atoms with E-state index >= 15 is 0 Å². The van der Waals surface area contributed by atoms with Gasteiger partial charge in [0.25, 0.3) is 10.2 Å². The van der Waals surface area contributed by atoms with Gasteiger partial charge in [0.15, 0.2) is 24.7 Å². The molecule has 0 saturated carbocycles. The monoisotopic (exact) mass is 546 g/mol. The number of sulfone groups is 2. The lowest BCUT2D eigenvalue weighted by Gasteiger charge is -2.32. The van der Waals surface area contributed by atoms with E-state index in [1.807, 2.05) is 0 Å². The van der Waals surface area contributed by atoms with Gasteiger partial charge in [0, 0.05) is 38.4 Å². The molecule has 35 heavy (non-hydrogen) atoms. The van der Waals surface area contributed by atoms with Crippen LogP contribution in [0.5, 0.6) is 0 Å². The third kappa shape index (κ3) is 5.73. The van der Waals surface area contributed by atoms with E-state index in [-0.39, 0.29) is 55.0 Å². The quantitative estimate of drug-likeness (QED) is 0.521. The molecule has 0 spiro atoms. The zero-order valence-corrected chi connectivity index (χ0v) is 21.3. The highest BCUT2D eigenvalue weighted by Crippen LogP contribution is 2.36. The van der Waals surface area contributed by atoms with Crippen LogP contribution in [0.25, 0.3) is 0 Å².